The molecule has 100 valence electrons. The molecule has 4 heteroatoms. The number of hydrogen-bond acceptors (Lipinski definition) is 1. The molecule has 0 spiro atoms. The molecule has 0 fully saturated rings. The van der Waals surface area contributed by atoms with Gasteiger partial charge in [-0.25, -0.2) is 0 Å². The quantitative estimate of drug-likeness (QED) is 0.753. The van der Waals surface area contributed by atoms with Crippen LogP contribution in [0.3, 0.4) is 0 Å². The lowest BCUT2D eigenvalue weighted by Crippen LogP contribution is -2.33. The van der Waals surface area contributed by atoms with Crippen molar-refractivity contribution in [3.63, 3.8) is 0 Å². The Morgan fingerprint density at radius 2 is 1.71 bits per heavy atom. The van der Waals surface area contributed by atoms with E-state index in [2.05, 4.69) is 11.8 Å². The summed E-state index contributed by atoms with van der Waals surface area (Å²) in [5.41, 5.74) is -0.492. The second kappa shape index (κ2) is 6.30. The van der Waals surface area contributed by atoms with Gasteiger partial charge in [0.15, 0.2) is 0 Å². The van der Waals surface area contributed by atoms with Crippen LogP contribution in [0, 0.1) is 23.2 Å². The Hall–Kier alpha value is -0.690. The lowest BCUT2D eigenvalue weighted by Gasteiger charge is -2.21. The number of rotatable bonds is 4. The van der Waals surface area contributed by atoms with E-state index in [9.17, 15) is 18.3 Å². The van der Waals surface area contributed by atoms with Crippen LogP contribution in [-0.2, 0) is 0 Å². The highest BCUT2D eigenvalue weighted by molar-refractivity contribution is 5.13. The van der Waals surface area contributed by atoms with Crippen molar-refractivity contribution in [3.8, 4) is 11.8 Å². The smallest absolute Gasteiger partial charge is 0.391 e. The van der Waals surface area contributed by atoms with Crippen molar-refractivity contribution in [1.29, 1.82) is 0 Å². The number of halogens is 3. The molecule has 0 aliphatic rings. The molecule has 0 rings (SSSR count). The molecule has 0 amide bonds. The lowest BCUT2D eigenvalue weighted by atomic mass is 9.93. The molecule has 1 N–H and O–H groups in total. The van der Waals surface area contributed by atoms with E-state index in [0.717, 1.165) is 6.42 Å². The van der Waals surface area contributed by atoms with Gasteiger partial charge in [0.05, 0.1) is 6.10 Å². The molecule has 0 unspecified atom stereocenters. The van der Waals surface area contributed by atoms with Gasteiger partial charge in [0.2, 0.25) is 0 Å². The number of unbranched alkanes of at least 4 members (excludes halogenated alkanes) is 1. The minimum absolute atomic E-state index is 0.138. The van der Waals surface area contributed by atoms with Gasteiger partial charge in [-0.05, 0) is 27.2 Å². The summed E-state index contributed by atoms with van der Waals surface area (Å²) in [7, 11) is 0. The Labute approximate surface area is 101 Å². The highest BCUT2D eigenvalue weighted by Crippen LogP contribution is 2.30. The van der Waals surface area contributed by atoms with Crippen molar-refractivity contribution in [2.24, 2.45) is 11.3 Å². The molecule has 2 atom stereocenters. The van der Waals surface area contributed by atoms with Crippen LogP contribution in [-0.4, -0.2) is 17.4 Å². The highest BCUT2D eigenvalue weighted by Gasteiger charge is 2.43. The number of aliphatic hydroxyl groups excluding tert-OH is 1. The monoisotopic (exact) mass is 250 g/mol. The molecular weight excluding hydrogens is 229 g/mol. The molecule has 0 aliphatic carbocycles. The van der Waals surface area contributed by atoms with Crippen LogP contribution in [0.5, 0.6) is 0 Å². The van der Waals surface area contributed by atoms with Crippen LogP contribution in [0.4, 0.5) is 13.2 Å². The van der Waals surface area contributed by atoms with E-state index < -0.39 is 23.6 Å². The first-order chi connectivity index (χ1) is 7.58. The molecule has 1 nitrogen and oxygen atoms in total. The summed E-state index contributed by atoms with van der Waals surface area (Å²) >= 11 is 0. The summed E-state index contributed by atoms with van der Waals surface area (Å²) in [6.07, 6.45) is -4.42. The topological polar surface area (TPSA) is 20.2 Å². The van der Waals surface area contributed by atoms with E-state index in [1.54, 1.807) is 20.8 Å². The third-order valence-electron chi connectivity index (χ3n) is 2.19. The molecule has 0 aromatic heterocycles. The summed E-state index contributed by atoms with van der Waals surface area (Å²) in [5.74, 6) is 2.80. The van der Waals surface area contributed by atoms with Gasteiger partial charge in [0, 0.05) is 5.41 Å². The molecular formula is C13H21F3O. The Bertz CT molecular complexity index is 278. The Morgan fingerprint density at radius 3 is 2.06 bits per heavy atom. The van der Waals surface area contributed by atoms with Crippen LogP contribution in [0.15, 0.2) is 0 Å². The number of hydrogen-bond donors (Lipinski definition) is 1. The third-order valence-corrected chi connectivity index (χ3v) is 2.19. The van der Waals surface area contributed by atoms with E-state index in [1.165, 1.54) is 0 Å². The molecule has 0 aromatic carbocycles. The first-order valence-electron chi connectivity index (χ1n) is 5.85. The van der Waals surface area contributed by atoms with Gasteiger partial charge in [0.25, 0.3) is 0 Å². The standard InChI is InChI=1S/C13H21F3O/c1-5-6-7-11(17)10(13(14,15)16)8-9-12(2,3)4/h10-11,17H,5-7H2,1-4H3/t10-,11+/m1/s1. The normalized spacial score (nSPS) is 16.0. The Balaban J connectivity index is 4.82. The zero-order valence-electron chi connectivity index (χ0n) is 10.9. The fraction of sp³-hybridized carbons (Fsp3) is 0.846. The molecule has 0 radical (unpaired) electrons. The maximum atomic E-state index is 12.7. The first-order valence-corrected chi connectivity index (χ1v) is 5.85. The molecule has 0 saturated carbocycles. The van der Waals surface area contributed by atoms with Crippen LogP contribution in [0.1, 0.15) is 47.0 Å². The first kappa shape index (κ1) is 16.3. The van der Waals surface area contributed by atoms with Crippen molar-refractivity contribution < 1.29 is 18.3 Å². The van der Waals surface area contributed by atoms with E-state index in [0.29, 0.717) is 6.42 Å². The van der Waals surface area contributed by atoms with Crippen molar-refractivity contribution in [3.05, 3.63) is 0 Å². The molecule has 0 saturated heterocycles. The van der Waals surface area contributed by atoms with E-state index in [1.807, 2.05) is 6.92 Å². The highest BCUT2D eigenvalue weighted by atomic mass is 19.4. The molecule has 0 aromatic rings. The van der Waals surface area contributed by atoms with E-state index in [4.69, 9.17) is 0 Å². The van der Waals surface area contributed by atoms with Crippen molar-refractivity contribution in [1.82, 2.24) is 0 Å². The van der Waals surface area contributed by atoms with Crippen LogP contribution in [0.25, 0.3) is 0 Å². The Morgan fingerprint density at radius 1 is 1.18 bits per heavy atom. The van der Waals surface area contributed by atoms with Gasteiger partial charge in [0.1, 0.15) is 5.92 Å². The molecule has 17 heavy (non-hydrogen) atoms. The average molecular weight is 250 g/mol. The number of aliphatic hydroxyl groups is 1. The van der Waals surface area contributed by atoms with Gasteiger partial charge in [-0.2, -0.15) is 13.2 Å². The van der Waals surface area contributed by atoms with Gasteiger partial charge in [-0.1, -0.05) is 31.6 Å². The SMILES string of the molecule is CCCC[C@H](O)[C@@H](C#CC(C)(C)C)C(F)(F)F. The van der Waals surface area contributed by atoms with Gasteiger partial charge >= 0.3 is 6.18 Å². The fourth-order valence-corrected chi connectivity index (χ4v) is 1.27. The maximum absolute atomic E-state index is 12.7. The van der Waals surface area contributed by atoms with Gasteiger partial charge in [-0.15, -0.1) is 0 Å². The predicted molar refractivity (Wildman–Crippen MR) is 62.3 cm³/mol. The maximum Gasteiger partial charge on any atom is 0.404 e. The second-order valence-electron chi connectivity index (χ2n) is 5.25. The van der Waals surface area contributed by atoms with E-state index in [-0.39, 0.29) is 6.42 Å². The summed E-state index contributed by atoms with van der Waals surface area (Å²) in [5, 5.41) is 9.55. The fourth-order valence-electron chi connectivity index (χ4n) is 1.27. The van der Waals surface area contributed by atoms with Crippen molar-refractivity contribution in [2.45, 2.75) is 59.2 Å². The minimum atomic E-state index is -4.47. The van der Waals surface area contributed by atoms with Gasteiger partial charge in [-0.3, -0.25) is 0 Å². The third kappa shape index (κ3) is 7.27. The Kier molecular flexibility index (Phi) is 6.04. The zero-order chi connectivity index (χ0) is 13.7. The summed E-state index contributed by atoms with van der Waals surface area (Å²) in [6, 6.07) is 0. The van der Waals surface area contributed by atoms with Crippen LogP contribution < -0.4 is 0 Å². The van der Waals surface area contributed by atoms with Crippen LogP contribution in [0.2, 0.25) is 0 Å². The summed E-state index contributed by atoms with van der Waals surface area (Å²) in [6.45, 7) is 7.10. The molecule has 0 aliphatic heterocycles. The largest absolute Gasteiger partial charge is 0.404 e. The van der Waals surface area contributed by atoms with Gasteiger partial charge < -0.3 is 5.11 Å². The second-order valence-corrected chi connectivity index (χ2v) is 5.25. The van der Waals surface area contributed by atoms with Crippen LogP contribution >= 0.6 is 0 Å². The zero-order valence-corrected chi connectivity index (χ0v) is 10.9. The average Bonchev–Trinajstić information content (AvgIpc) is 2.10. The summed E-state index contributed by atoms with van der Waals surface area (Å²) in [4.78, 5) is 0. The predicted octanol–water partition coefficient (Wildman–Crippen LogP) is 3.77. The number of alkyl halides is 3. The lowest BCUT2D eigenvalue weighted by molar-refractivity contribution is -0.182. The van der Waals surface area contributed by atoms with Crippen molar-refractivity contribution >= 4 is 0 Å². The van der Waals surface area contributed by atoms with E-state index >= 15 is 0 Å². The minimum Gasteiger partial charge on any atom is -0.391 e. The summed E-state index contributed by atoms with van der Waals surface area (Å²) < 4.78 is 38.1. The van der Waals surface area contributed by atoms with Crippen molar-refractivity contribution in [2.75, 3.05) is 0 Å². The molecule has 0 bridgehead atoms. The molecule has 0 heterocycles.